The topological polar surface area (TPSA) is 38.9 Å². The monoisotopic (exact) mass is 308 g/mol. The lowest BCUT2D eigenvalue weighted by atomic mass is 10.0. The van der Waals surface area contributed by atoms with Gasteiger partial charge in [0.15, 0.2) is 0 Å². The minimum atomic E-state index is -0.0000427. The van der Waals surface area contributed by atoms with E-state index in [1.165, 1.54) is 16.7 Å². The summed E-state index contributed by atoms with van der Waals surface area (Å²) in [5.41, 5.74) is 12.3. The van der Waals surface area contributed by atoms with Crippen molar-refractivity contribution < 1.29 is 0 Å². The standard InChI is InChI=1S/C19H20N2S/c1-13-8-9-16(10-14(13)2)18-12-22-19(21-18)11-17(20)15-6-4-3-5-7-15/h3-10,12,17H,11,20H2,1-2H3. The second-order valence-electron chi connectivity index (χ2n) is 5.65. The molecule has 1 aromatic heterocycles. The maximum atomic E-state index is 6.29. The molecular weight excluding hydrogens is 288 g/mol. The lowest BCUT2D eigenvalue weighted by Gasteiger charge is -2.09. The third-order valence-electron chi connectivity index (χ3n) is 3.98. The number of hydrogen-bond acceptors (Lipinski definition) is 3. The molecule has 1 unspecified atom stereocenters. The van der Waals surface area contributed by atoms with Gasteiger partial charge in [0.05, 0.1) is 10.7 Å². The van der Waals surface area contributed by atoms with Crippen LogP contribution in [0.1, 0.15) is 27.7 Å². The van der Waals surface area contributed by atoms with Gasteiger partial charge in [-0.25, -0.2) is 4.98 Å². The van der Waals surface area contributed by atoms with Gasteiger partial charge in [-0.15, -0.1) is 11.3 Å². The molecule has 2 nitrogen and oxygen atoms in total. The number of aromatic nitrogens is 1. The van der Waals surface area contributed by atoms with Crippen LogP contribution in [0.5, 0.6) is 0 Å². The summed E-state index contributed by atoms with van der Waals surface area (Å²) in [5.74, 6) is 0. The highest BCUT2D eigenvalue weighted by atomic mass is 32.1. The molecule has 1 atom stereocenters. The lowest BCUT2D eigenvalue weighted by Crippen LogP contribution is -2.12. The summed E-state index contributed by atoms with van der Waals surface area (Å²) < 4.78 is 0. The van der Waals surface area contributed by atoms with Gasteiger partial charge in [-0.1, -0.05) is 42.5 Å². The number of thiazole rings is 1. The van der Waals surface area contributed by atoms with Gasteiger partial charge < -0.3 is 5.73 Å². The summed E-state index contributed by atoms with van der Waals surface area (Å²) in [7, 11) is 0. The Labute approximate surface area is 135 Å². The number of hydrogen-bond donors (Lipinski definition) is 1. The fraction of sp³-hybridized carbons (Fsp3) is 0.211. The van der Waals surface area contributed by atoms with Gasteiger partial charge >= 0.3 is 0 Å². The molecule has 0 saturated carbocycles. The van der Waals surface area contributed by atoms with E-state index in [1.54, 1.807) is 11.3 Å². The summed E-state index contributed by atoms with van der Waals surface area (Å²) >= 11 is 1.69. The normalized spacial score (nSPS) is 12.3. The number of rotatable bonds is 4. The van der Waals surface area contributed by atoms with Crippen molar-refractivity contribution in [2.45, 2.75) is 26.3 Å². The summed E-state index contributed by atoms with van der Waals surface area (Å²) in [4.78, 5) is 4.76. The number of aryl methyl sites for hydroxylation is 2. The third kappa shape index (κ3) is 3.26. The molecule has 0 bridgehead atoms. The Bertz CT molecular complexity index is 762. The van der Waals surface area contributed by atoms with Gasteiger partial charge in [-0.2, -0.15) is 0 Å². The van der Waals surface area contributed by atoms with Gasteiger partial charge in [0.2, 0.25) is 0 Å². The Morgan fingerprint density at radius 1 is 1.05 bits per heavy atom. The Morgan fingerprint density at radius 2 is 1.82 bits per heavy atom. The molecule has 0 aliphatic carbocycles. The fourth-order valence-corrected chi connectivity index (χ4v) is 3.31. The molecule has 0 fully saturated rings. The predicted molar refractivity (Wildman–Crippen MR) is 94.1 cm³/mol. The fourth-order valence-electron chi connectivity index (χ4n) is 2.44. The summed E-state index contributed by atoms with van der Waals surface area (Å²) in [5, 5.41) is 3.21. The van der Waals surface area contributed by atoms with E-state index in [0.29, 0.717) is 0 Å². The van der Waals surface area contributed by atoms with Crippen LogP contribution in [0.4, 0.5) is 0 Å². The molecule has 1 heterocycles. The Hall–Kier alpha value is -1.97. The van der Waals surface area contributed by atoms with Crippen molar-refractivity contribution in [3.8, 4) is 11.3 Å². The first kappa shape index (κ1) is 14.9. The van der Waals surface area contributed by atoms with E-state index >= 15 is 0 Å². The van der Waals surface area contributed by atoms with Crippen LogP contribution in [-0.4, -0.2) is 4.98 Å². The van der Waals surface area contributed by atoms with E-state index in [0.717, 1.165) is 22.7 Å². The van der Waals surface area contributed by atoms with Gasteiger partial charge in [-0.05, 0) is 36.6 Å². The predicted octanol–water partition coefficient (Wildman–Crippen LogP) is 4.67. The van der Waals surface area contributed by atoms with E-state index in [-0.39, 0.29) is 6.04 Å². The van der Waals surface area contributed by atoms with Gasteiger partial charge in [0.1, 0.15) is 0 Å². The lowest BCUT2D eigenvalue weighted by molar-refractivity contribution is 0.718. The Kier molecular flexibility index (Phi) is 4.36. The van der Waals surface area contributed by atoms with E-state index in [2.05, 4.69) is 49.6 Å². The van der Waals surface area contributed by atoms with Crippen molar-refractivity contribution in [3.05, 3.63) is 75.6 Å². The first-order valence-electron chi connectivity index (χ1n) is 7.46. The molecule has 22 heavy (non-hydrogen) atoms. The second kappa shape index (κ2) is 6.42. The second-order valence-corrected chi connectivity index (χ2v) is 6.59. The molecule has 0 amide bonds. The zero-order valence-corrected chi connectivity index (χ0v) is 13.7. The van der Waals surface area contributed by atoms with E-state index in [9.17, 15) is 0 Å². The third-order valence-corrected chi connectivity index (χ3v) is 4.85. The van der Waals surface area contributed by atoms with E-state index in [1.807, 2.05) is 18.2 Å². The molecule has 3 aromatic rings. The summed E-state index contributed by atoms with van der Waals surface area (Å²) in [6, 6.07) is 16.7. The largest absolute Gasteiger partial charge is 0.324 e. The number of benzene rings is 2. The van der Waals surface area contributed by atoms with Crippen LogP contribution in [0.2, 0.25) is 0 Å². The number of nitrogens with zero attached hydrogens (tertiary/aromatic N) is 1. The molecule has 0 aliphatic rings. The molecular formula is C19H20N2S. The van der Waals surface area contributed by atoms with Crippen molar-refractivity contribution in [2.75, 3.05) is 0 Å². The highest BCUT2D eigenvalue weighted by Crippen LogP contribution is 2.26. The van der Waals surface area contributed by atoms with Crippen molar-refractivity contribution in [3.63, 3.8) is 0 Å². The van der Waals surface area contributed by atoms with Crippen molar-refractivity contribution in [1.82, 2.24) is 4.98 Å². The minimum Gasteiger partial charge on any atom is -0.324 e. The molecule has 0 radical (unpaired) electrons. The molecule has 112 valence electrons. The summed E-state index contributed by atoms with van der Waals surface area (Å²) in [6.45, 7) is 4.27. The van der Waals surface area contributed by atoms with Gasteiger partial charge in [-0.3, -0.25) is 0 Å². The Balaban J connectivity index is 1.77. The molecule has 0 aliphatic heterocycles. The van der Waals surface area contributed by atoms with Crippen LogP contribution in [0.15, 0.2) is 53.9 Å². The number of nitrogens with two attached hydrogens (primary N) is 1. The van der Waals surface area contributed by atoms with Crippen LogP contribution in [0, 0.1) is 13.8 Å². The van der Waals surface area contributed by atoms with Crippen LogP contribution in [0.25, 0.3) is 11.3 Å². The molecule has 3 heteroatoms. The Morgan fingerprint density at radius 3 is 2.55 bits per heavy atom. The van der Waals surface area contributed by atoms with Crippen molar-refractivity contribution in [2.24, 2.45) is 5.73 Å². The zero-order valence-electron chi connectivity index (χ0n) is 12.9. The smallest absolute Gasteiger partial charge is 0.0951 e. The highest BCUT2D eigenvalue weighted by Gasteiger charge is 2.11. The maximum absolute atomic E-state index is 6.29. The van der Waals surface area contributed by atoms with Crippen LogP contribution in [-0.2, 0) is 6.42 Å². The summed E-state index contributed by atoms with van der Waals surface area (Å²) in [6.07, 6.45) is 0.777. The van der Waals surface area contributed by atoms with Crippen LogP contribution < -0.4 is 5.73 Å². The van der Waals surface area contributed by atoms with E-state index < -0.39 is 0 Å². The zero-order chi connectivity index (χ0) is 15.5. The van der Waals surface area contributed by atoms with Crippen LogP contribution >= 0.6 is 11.3 Å². The van der Waals surface area contributed by atoms with Crippen molar-refractivity contribution in [1.29, 1.82) is 0 Å². The quantitative estimate of drug-likeness (QED) is 0.760. The molecule has 2 N–H and O–H groups in total. The SMILES string of the molecule is Cc1ccc(-c2csc(CC(N)c3ccccc3)n2)cc1C. The van der Waals surface area contributed by atoms with Gasteiger partial charge in [0.25, 0.3) is 0 Å². The maximum Gasteiger partial charge on any atom is 0.0951 e. The van der Waals surface area contributed by atoms with Crippen molar-refractivity contribution >= 4 is 11.3 Å². The van der Waals surface area contributed by atoms with Crippen LogP contribution in [0.3, 0.4) is 0 Å². The van der Waals surface area contributed by atoms with E-state index in [4.69, 9.17) is 10.7 Å². The highest BCUT2D eigenvalue weighted by molar-refractivity contribution is 7.09. The first-order valence-corrected chi connectivity index (χ1v) is 8.34. The first-order chi connectivity index (χ1) is 10.6. The minimum absolute atomic E-state index is 0.0000427. The molecule has 3 rings (SSSR count). The average Bonchev–Trinajstić information content (AvgIpc) is 2.99. The average molecular weight is 308 g/mol. The molecule has 0 spiro atoms. The molecule has 0 saturated heterocycles. The molecule has 2 aromatic carbocycles. The van der Waals surface area contributed by atoms with Gasteiger partial charge in [0, 0.05) is 23.4 Å².